The van der Waals surface area contributed by atoms with Gasteiger partial charge in [0.05, 0.1) is 28.2 Å². The number of fused-ring (bicyclic) bond motifs is 1. The van der Waals surface area contributed by atoms with Gasteiger partial charge in [0.1, 0.15) is 5.82 Å². The van der Waals surface area contributed by atoms with E-state index in [9.17, 15) is 19.5 Å². The van der Waals surface area contributed by atoms with Crippen molar-refractivity contribution in [2.75, 3.05) is 18.4 Å². The molecule has 0 spiro atoms. The van der Waals surface area contributed by atoms with Crippen LogP contribution in [0.2, 0.25) is 5.02 Å². The van der Waals surface area contributed by atoms with E-state index in [1.807, 2.05) is 0 Å². The second-order valence-electron chi connectivity index (χ2n) is 10.3. The number of aliphatic carboxylic acids is 1. The molecule has 12 heteroatoms. The van der Waals surface area contributed by atoms with Crippen LogP contribution >= 0.6 is 11.6 Å². The van der Waals surface area contributed by atoms with Crippen molar-refractivity contribution < 1.29 is 33.0 Å². The fraction of sp³-hybridized carbons (Fsp3) is 0.429. The van der Waals surface area contributed by atoms with Crippen molar-refractivity contribution in [1.82, 2.24) is 15.1 Å². The van der Waals surface area contributed by atoms with Crippen LogP contribution in [0, 0.1) is 11.7 Å². The average molecular weight is 575 g/mol. The Balaban J connectivity index is 1.31. The Bertz CT molecular complexity index is 1440. The fourth-order valence-corrected chi connectivity index (χ4v) is 5.62. The van der Waals surface area contributed by atoms with Crippen LogP contribution in [0.15, 0.2) is 36.4 Å². The molecule has 1 aliphatic carbocycles. The zero-order valence-corrected chi connectivity index (χ0v) is 22.3. The van der Waals surface area contributed by atoms with Crippen molar-refractivity contribution >= 4 is 45.9 Å². The number of benzene rings is 2. The van der Waals surface area contributed by atoms with E-state index in [0.717, 1.165) is 6.07 Å². The third kappa shape index (κ3) is 5.72. The van der Waals surface area contributed by atoms with E-state index in [1.165, 1.54) is 11.0 Å². The highest BCUT2D eigenvalue weighted by molar-refractivity contribution is 6.34. The predicted octanol–water partition coefficient (Wildman–Crippen LogP) is 5.10. The van der Waals surface area contributed by atoms with Crippen LogP contribution < -0.4 is 5.32 Å². The monoisotopic (exact) mass is 574 g/mol. The lowest BCUT2D eigenvalue weighted by molar-refractivity contribution is -0.252. The number of carboxylic acids is 1. The molecule has 1 aliphatic heterocycles. The number of nitrogens with one attached hydrogen (secondary N) is 2. The Morgan fingerprint density at radius 1 is 1.15 bits per heavy atom. The molecule has 1 amide bonds. The lowest BCUT2D eigenvalue weighted by Gasteiger charge is -2.37. The summed E-state index contributed by atoms with van der Waals surface area (Å²) >= 11 is 6.34. The number of aromatic nitrogens is 2. The van der Waals surface area contributed by atoms with Gasteiger partial charge < -0.3 is 15.2 Å². The molecule has 2 aliphatic rings. The van der Waals surface area contributed by atoms with Crippen LogP contribution in [0.4, 0.5) is 14.5 Å². The Kier molecular flexibility index (Phi) is 8.16. The molecule has 1 saturated carbocycles. The number of hydrogen-bond acceptors (Lipinski definition) is 6. The average Bonchev–Trinajstić information content (AvgIpc) is 3.63. The topological polar surface area (TPSA) is 125 Å². The van der Waals surface area contributed by atoms with Gasteiger partial charge in [-0.25, -0.2) is 9.29 Å². The molecule has 9 nitrogen and oxygen atoms in total. The van der Waals surface area contributed by atoms with E-state index >= 15 is 8.78 Å². The Morgan fingerprint density at radius 2 is 1.85 bits per heavy atom. The van der Waals surface area contributed by atoms with Crippen molar-refractivity contribution in [1.29, 1.82) is 0 Å². The van der Waals surface area contributed by atoms with E-state index < -0.39 is 47.9 Å². The van der Waals surface area contributed by atoms with Crippen molar-refractivity contribution in [3.63, 3.8) is 0 Å². The van der Waals surface area contributed by atoms with Gasteiger partial charge in [0, 0.05) is 24.9 Å². The van der Waals surface area contributed by atoms with Gasteiger partial charge >= 0.3 is 11.9 Å². The fourth-order valence-electron chi connectivity index (χ4n) is 5.39. The number of Topliss-reactive ketones (excluding diaryl/α,β-unsaturated/α-hetero) is 1. The quantitative estimate of drug-likeness (QED) is 0.304. The number of rotatable bonds is 9. The highest BCUT2D eigenvalue weighted by Gasteiger charge is 2.49. The lowest BCUT2D eigenvalue weighted by Crippen LogP contribution is -2.54. The second-order valence-corrected chi connectivity index (χ2v) is 10.7. The van der Waals surface area contributed by atoms with Crippen molar-refractivity contribution in [2.45, 2.75) is 57.0 Å². The summed E-state index contributed by atoms with van der Waals surface area (Å²) in [6.07, 6.45) is 1.40. The van der Waals surface area contributed by atoms with Gasteiger partial charge in [0.2, 0.25) is 5.78 Å². The molecule has 40 heavy (non-hydrogen) atoms. The molecule has 5 rings (SSSR count). The normalized spacial score (nSPS) is 21.3. The molecule has 3 N–H and O–H groups in total. The molecule has 2 heterocycles. The maximum Gasteiger partial charge on any atom is 0.330 e. The number of halogens is 3. The number of anilines is 1. The third-order valence-corrected chi connectivity index (χ3v) is 7.94. The summed E-state index contributed by atoms with van der Waals surface area (Å²) in [5, 5.41) is 19.1. The number of aromatic amines is 1. The van der Waals surface area contributed by atoms with Crippen molar-refractivity contribution in [2.24, 2.45) is 5.92 Å². The van der Waals surface area contributed by atoms with Crippen LogP contribution in [0.1, 0.15) is 54.6 Å². The van der Waals surface area contributed by atoms with Crippen molar-refractivity contribution in [3.8, 4) is 0 Å². The number of ether oxygens (including phenoxy) is 1. The zero-order valence-electron chi connectivity index (χ0n) is 21.6. The first-order chi connectivity index (χ1) is 19.2. The van der Waals surface area contributed by atoms with E-state index in [-0.39, 0.29) is 22.0 Å². The van der Waals surface area contributed by atoms with Gasteiger partial charge in [-0.3, -0.25) is 19.5 Å². The summed E-state index contributed by atoms with van der Waals surface area (Å²) in [5.41, 5.74) is 0.597. The van der Waals surface area contributed by atoms with E-state index in [4.69, 9.17) is 16.3 Å². The number of likely N-dealkylation sites (tertiary alicyclic amines) is 1. The number of H-pyrrole nitrogens is 1. The molecule has 0 bridgehead atoms. The maximum absolute atomic E-state index is 16.4. The molecular formula is C28H29ClF2N4O5. The summed E-state index contributed by atoms with van der Waals surface area (Å²) in [6, 6.07) is 9.20. The van der Waals surface area contributed by atoms with Gasteiger partial charge in [0.15, 0.2) is 5.69 Å². The van der Waals surface area contributed by atoms with Crippen LogP contribution in [0.3, 0.4) is 0 Å². The lowest BCUT2D eigenvalue weighted by atomic mass is 9.87. The van der Waals surface area contributed by atoms with Crippen LogP contribution in [0.25, 0.3) is 10.9 Å². The number of carbonyl (C=O) groups excluding carboxylic acids is 2. The zero-order chi connectivity index (χ0) is 28.4. The van der Waals surface area contributed by atoms with E-state index in [2.05, 4.69) is 15.5 Å². The molecule has 1 unspecified atom stereocenters. The summed E-state index contributed by atoms with van der Waals surface area (Å²) in [6.45, 7) is 0.617. The highest BCUT2D eigenvalue weighted by atomic mass is 35.5. The number of carboxylic acid groups (broad SMARTS) is 1. The molecule has 1 aromatic heterocycles. The first-order valence-electron chi connectivity index (χ1n) is 13.3. The van der Waals surface area contributed by atoms with E-state index in [1.54, 1.807) is 24.3 Å². The smallest absolute Gasteiger partial charge is 0.330 e. The molecular weight excluding hydrogens is 546 g/mol. The van der Waals surface area contributed by atoms with Gasteiger partial charge in [-0.05, 0) is 62.3 Å². The summed E-state index contributed by atoms with van der Waals surface area (Å²) in [7, 11) is 0. The summed E-state index contributed by atoms with van der Waals surface area (Å²) in [5.74, 6) is -6.60. The third-order valence-electron chi connectivity index (χ3n) is 7.62. The highest BCUT2D eigenvalue weighted by Crippen LogP contribution is 2.35. The number of ketones is 1. The molecule has 212 valence electrons. The van der Waals surface area contributed by atoms with Crippen LogP contribution in [-0.4, -0.2) is 63.0 Å². The maximum atomic E-state index is 16.4. The van der Waals surface area contributed by atoms with Gasteiger partial charge in [-0.15, -0.1) is 0 Å². The number of carbonyl (C=O) groups is 3. The predicted molar refractivity (Wildman–Crippen MR) is 143 cm³/mol. The molecule has 0 radical (unpaired) electrons. The minimum absolute atomic E-state index is 0.0232. The van der Waals surface area contributed by atoms with Crippen LogP contribution in [0.5, 0.6) is 0 Å². The molecule has 2 fully saturated rings. The van der Waals surface area contributed by atoms with E-state index in [0.29, 0.717) is 62.5 Å². The number of alkyl halides is 1. The summed E-state index contributed by atoms with van der Waals surface area (Å²) < 4.78 is 37.3. The number of nitrogens with zero attached hydrogens (tertiary/aromatic N) is 2. The van der Waals surface area contributed by atoms with Gasteiger partial charge in [-0.1, -0.05) is 29.8 Å². The second kappa shape index (κ2) is 11.6. The molecule has 1 atom stereocenters. The largest absolute Gasteiger partial charge is 0.481 e. The minimum atomic E-state index is -2.77. The molecule has 2 aromatic carbocycles. The molecule has 1 saturated heterocycles. The SMILES string of the molecule is O=C(Nc1cc(F)c(CC(=O)C(F)(OC2CCC(C(=O)O)CC2)N2CCCC2)cc1Cl)c1n[nH]c2ccccc12. The standard InChI is InChI=1S/C28H29ClF2N4O5/c29-20-13-17(21(30)15-23(20)32-26(37)25-19-5-1-2-6-22(19)33-34-25)14-24(36)28(31,35-11-3-4-12-35)40-18-9-7-16(8-10-18)27(38)39/h1-2,5-6,13,15-16,18H,3-4,7-12,14H2,(H,32,37)(H,33,34)(H,38,39). The van der Waals surface area contributed by atoms with Gasteiger partial charge in [-0.2, -0.15) is 9.49 Å². The Hall–Kier alpha value is -3.41. The molecule has 3 aromatic rings. The van der Waals surface area contributed by atoms with Crippen LogP contribution in [-0.2, 0) is 20.7 Å². The van der Waals surface area contributed by atoms with Crippen molar-refractivity contribution in [3.05, 3.63) is 58.5 Å². The first kappa shape index (κ1) is 28.1. The number of para-hydroxylation sites is 1. The first-order valence-corrected chi connectivity index (χ1v) is 13.6. The number of amides is 1. The summed E-state index contributed by atoms with van der Waals surface area (Å²) in [4.78, 5) is 38.7. The minimum Gasteiger partial charge on any atom is -0.481 e. The Labute approximate surface area is 233 Å². The van der Waals surface area contributed by atoms with Gasteiger partial charge in [0.25, 0.3) is 5.91 Å². The number of hydrogen-bond donors (Lipinski definition) is 3. The Morgan fingerprint density at radius 3 is 2.55 bits per heavy atom.